The standard InChI is InChI=1S/C18H18N6.C18H15N5.C16H15N7/c1-2-5-15(6-3-1)16-13-21-18-8-7-17(22-24(16)18)20-9-4-11-23-12-10-19-14-23;1-22(15-8-5-11-19-12-15)18-10-9-17-20-13-16(23(17)21-18)14-6-3-2-4-7-14;1-21-11-12(8-19-21)14-10-18-15-5-6-16(20-23(14)15)22(2)13-4-3-7-17-9-13/h1-3,5-8,10,12-14H,4,9,11H2,(H,20,22);2-13H,1H3;3-11H,1-2H3. The van der Waals surface area contributed by atoms with Crippen LogP contribution < -0.4 is 15.1 Å². The first-order valence-electron chi connectivity index (χ1n) is 22.6. The van der Waals surface area contributed by atoms with Gasteiger partial charge in [0.1, 0.15) is 5.82 Å². The number of nitrogens with one attached hydrogen (secondary N) is 1. The van der Waals surface area contributed by atoms with E-state index in [0.29, 0.717) is 0 Å². The lowest BCUT2D eigenvalue weighted by molar-refractivity contribution is 0.659. The fourth-order valence-corrected chi connectivity index (χ4v) is 7.68. The molecule has 0 saturated carbocycles. The number of nitrogens with zero attached hydrogens (tertiary/aromatic N) is 17. The molecule has 70 heavy (non-hydrogen) atoms. The van der Waals surface area contributed by atoms with Crippen molar-refractivity contribution in [2.45, 2.75) is 13.0 Å². The summed E-state index contributed by atoms with van der Waals surface area (Å²) in [4.78, 5) is 29.6. The van der Waals surface area contributed by atoms with Crippen molar-refractivity contribution in [3.8, 4) is 33.8 Å². The van der Waals surface area contributed by atoms with Crippen molar-refractivity contribution in [3.63, 3.8) is 0 Å². The van der Waals surface area contributed by atoms with Gasteiger partial charge in [-0.1, -0.05) is 60.7 Å². The Morgan fingerprint density at radius 3 is 1.51 bits per heavy atom. The van der Waals surface area contributed by atoms with E-state index in [4.69, 9.17) is 10.2 Å². The minimum Gasteiger partial charge on any atom is -0.369 e. The van der Waals surface area contributed by atoms with Gasteiger partial charge in [0, 0.05) is 81.9 Å². The van der Waals surface area contributed by atoms with Gasteiger partial charge in [0.25, 0.3) is 0 Å². The first-order chi connectivity index (χ1) is 34.4. The summed E-state index contributed by atoms with van der Waals surface area (Å²) in [6, 6.07) is 39.9. The van der Waals surface area contributed by atoms with Crippen LogP contribution in [-0.4, -0.2) is 93.7 Å². The van der Waals surface area contributed by atoms with E-state index in [1.807, 2.05) is 197 Å². The van der Waals surface area contributed by atoms with E-state index in [0.717, 1.165) is 99.1 Å². The van der Waals surface area contributed by atoms with Crippen LogP contribution in [0.5, 0.6) is 0 Å². The van der Waals surface area contributed by atoms with Gasteiger partial charge in [-0.05, 0) is 67.1 Å². The molecule has 10 aromatic heterocycles. The Hall–Kier alpha value is -9.58. The molecule has 0 aliphatic carbocycles. The lowest BCUT2D eigenvalue weighted by Gasteiger charge is -2.17. The second-order valence-corrected chi connectivity index (χ2v) is 16.1. The summed E-state index contributed by atoms with van der Waals surface area (Å²) < 4.78 is 9.42. The van der Waals surface area contributed by atoms with Crippen molar-refractivity contribution in [1.82, 2.24) is 73.1 Å². The molecule has 0 bridgehead atoms. The van der Waals surface area contributed by atoms with Gasteiger partial charge in [0.2, 0.25) is 0 Å². The largest absolute Gasteiger partial charge is 0.369 e. The number of hydrogen-bond donors (Lipinski definition) is 1. The predicted molar refractivity (Wildman–Crippen MR) is 272 cm³/mol. The van der Waals surface area contributed by atoms with Crippen molar-refractivity contribution < 1.29 is 0 Å². The van der Waals surface area contributed by atoms with Crippen LogP contribution in [-0.2, 0) is 13.6 Å². The molecule has 2 aromatic carbocycles. The van der Waals surface area contributed by atoms with Crippen LogP contribution in [0.4, 0.5) is 28.8 Å². The quantitative estimate of drug-likeness (QED) is 0.115. The molecule has 10 heterocycles. The normalized spacial score (nSPS) is 11.0. The van der Waals surface area contributed by atoms with Gasteiger partial charge >= 0.3 is 0 Å². The van der Waals surface area contributed by atoms with Crippen LogP contribution in [0.1, 0.15) is 6.42 Å². The van der Waals surface area contributed by atoms with Crippen LogP contribution in [0, 0.1) is 0 Å². The highest BCUT2D eigenvalue weighted by atomic mass is 15.3. The van der Waals surface area contributed by atoms with Gasteiger partial charge in [-0.25, -0.2) is 33.5 Å². The number of aryl methyl sites for hydroxylation is 2. The molecule has 346 valence electrons. The number of rotatable bonds is 12. The van der Waals surface area contributed by atoms with Gasteiger partial charge in [0.05, 0.1) is 72.0 Å². The summed E-state index contributed by atoms with van der Waals surface area (Å²) in [5.74, 6) is 2.50. The molecule has 0 spiro atoms. The van der Waals surface area contributed by atoms with Crippen LogP contribution in [0.3, 0.4) is 0 Å². The number of anilines is 5. The average Bonchev–Trinajstić information content (AvgIpc) is 4.30. The third kappa shape index (κ3) is 9.91. The minimum absolute atomic E-state index is 0.798. The van der Waals surface area contributed by atoms with E-state index in [9.17, 15) is 0 Å². The van der Waals surface area contributed by atoms with E-state index in [1.165, 1.54) is 0 Å². The van der Waals surface area contributed by atoms with Gasteiger partial charge in [-0.15, -0.1) is 15.3 Å². The molecule has 0 aliphatic rings. The second-order valence-electron chi connectivity index (χ2n) is 16.1. The zero-order chi connectivity index (χ0) is 47.7. The van der Waals surface area contributed by atoms with Gasteiger partial charge in [-0.3, -0.25) is 14.6 Å². The van der Waals surface area contributed by atoms with Crippen molar-refractivity contribution >= 4 is 45.8 Å². The molecular weight excluding hydrogens is 877 g/mol. The molecule has 12 rings (SSSR count). The molecular formula is C52H48N18. The first kappa shape index (κ1) is 44.3. The molecule has 0 radical (unpaired) electrons. The number of imidazole rings is 4. The van der Waals surface area contributed by atoms with E-state index in [-0.39, 0.29) is 0 Å². The Labute approximate surface area is 402 Å². The van der Waals surface area contributed by atoms with Crippen LogP contribution >= 0.6 is 0 Å². The molecule has 12 aromatic rings. The van der Waals surface area contributed by atoms with E-state index >= 15 is 0 Å². The monoisotopic (exact) mass is 924 g/mol. The van der Waals surface area contributed by atoms with Gasteiger partial charge in [0.15, 0.2) is 28.6 Å². The second kappa shape index (κ2) is 20.5. The summed E-state index contributed by atoms with van der Waals surface area (Å²) in [6.07, 6.45) is 23.0. The van der Waals surface area contributed by atoms with Crippen LogP contribution in [0.25, 0.3) is 50.7 Å². The fourth-order valence-electron chi connectivity index (χ4n) is 7.68. The van der Waals surface area contributed by atoms with Crippen LogP contribution in [0.15, 0.2) is 196 Å². The maximum absolute atomic E-state index is 4.74. The van der Waals surface area contributed by atoms with Crippen LogP contribution in [0.2, 0.25) is 0 Å². The summed E-state index contributed by atoms with van der Waals surface area (Å²) in [5, 5.41) is 21.7. The van der Waals surface area contributed by atoms with E-state index in [2.05, 4.69) is 74.3 Å². The zero-order valence-electron chi connectivity index (χ0n) is 38.7. The van der Waals surface area contributed by atoms with Crippen molar-refractivity contribution in [1.29, 1.82) is 0 Å². The Morgan fingerprint density at radius 1 is 0.500 bits per heavy atom. The SMILES string of the molecule is CN(c1cccnc1)c1ccc2ncc(-c3ccccc3)n2n1.CN(c1cccnc1)c1ccc2ncc(-c3cnn(C)c3)n2n1.c1ccc(-c2cnc3ccc(NCCCn4ccnc4)nn23)cc1. The van der Waals surface area contributed by atoms with E-state index in [1.54, 1.807) is 23.3 Å². The highest BCUT2D eigenvalue weighted by molar-refractivity contribution is 5.67. The summed E-state index contributed by atoms with van der Waals surface area (Å²) in [6.45, 7) is 1.79. The molecule has 0 unspecified atom stereocenters. The molecule has 18 heteroatoms. The maximum Gasteiger partial charge on any atom is 0.154 e. The molecule has 0 saturated heterocycles. The Bertz CT molecular complexity index is 3550. The predicted octanol–water partition coefficient (Wildman–Crippen LogP) is 8.95. The summed E-state index contributed by atoms with van der Waals surface area (Å²) in [5.41, 5.74) is 10.5. The smallest absolute Gasteiger partial charge is 0.154 e. The molecule has 0 amide bonds. The third-order valence-electron chi connectivity index (χ3n) is 11.4. The molecule has 0 aliphatic heterocycles. The van der Waals surface area contributed by atoms with Crippen molar-refractivity contribution in [2.24, 2.45) is 7.05 Å². The topological polar surface area (TPSA) is 170 Å². The third-order valence-corrected chi connectivity index (χ3v) is 11.4. The zero-order valence-corrected chi connectivity index (χ0v) is 38.7. The first-order valence-corrected chi connectivity index (χ1v) is 22.6. The average molecular weight is 925 g/mol. The number of fused-ring (bicyclic) bond motifs is 3. The number of aromatic nitrogens is 15. The maximum atomic E-state index is 4.74. The van der Waals surface area contributed by atoms with Crippen molar-refractivity contribution in [3.05, 3.63) is 196 Å². The number of benzene rings is 2. The lowest BCUT2D eigenvalue weighted by Crippen LogP contribution is -2.13. The molecule has 1 N–H and O–H groups in total. The summed E-state index contributed by atoms with van der Waals surface area (Å²) >= 11 is 0. The van der Waals surface area contributed by atoms with Gasteiger partial charge < -0.3 is 19.7 Å². The van der Waals surface area contributed by atoms with E-state index < -0.39 is 0 Å². The Kier molecular flexibility index (Phi) is 13.0. The van der Waals surface area contributed by atoms with Crippen molar-refractivity contribution in [2.75, 3.05) is 35.8 Å². The lowest BCUT2D eigenvalue weighted by atomic mass is 10.2. The minimum atomic E-state index is 0.798. The molecule has 18 nitrogen and oxygen atoms in total. The van der Waals surface area contributed by atoms with Gasteiger partial charge in [-0.2, -0.15) is 5.10 Å². The molecule has 0 fully saturated rings. The fraction of sp³-hybridized carbons (Fsp3) is 0.115. The molecule has 0 atom stereocenters. The number of hydrogen-bond acceptors (Lipinski definition) is 13. The Balaban J connectivity index is 0.000000122. The highest BCUT2D eigenvalue weighted by Crippen LogP contribution is 2.26. The highest BCUT2D eigenvalue weighted by Gasteiger charge is 2.14. The number of pyridine rings is 2. The summed E-state index contributed by atoms with van der Waals surface area (Å²) in [7, 11) is 5.83. The Morgan fingerprint density at radius 2 is 1.03 bits per heavy atom.